The van der Waals surface area contributed by atoms with Crippen molar-refractivity contribution in [2.75, 3.05) is 19.8 Å². The van der Waals surface area contributed by atoms with Gasteiger partial charge in [0.05, 0.1) is 6.61 Å². The van der Waals surface area contributed by atoms with Crippen LogP contribution in [-0.4, -0.2) is 25.4 Å². The summed E-state index contributed by atoms with van der Waals surface area (Å²) in [6.45, 7) is 12.1. The van der Waals surface area contributed by atoms with Crippen molar-refractivity contribution in [2.24, 2.45) is 5.92 Å². The molecule has 1 N–H and O–H groups in total. The van der Waals surface area contributed by atoms with Crippen molar-refractivity contribution < 1.29 is 9.47 Å². The molecule has 3 heteroatoms. The van der Waals surface area contributed by atoms with E-state index in [2.05, 4.69) is 51.2 Å². The number of nitrogens with one attached hydrogen (secondary N) is 1. The van der Waals surface area contributed by atoms with Gasteiger partial charge in [0, 0.05) is 30.9 Å². The molecule has 1 aromatic rings. The van der Waals surface area contributed by atoms with Crippen LogP contribution in [-0.2, 0) is 11.3 Å². The first-order valence-electron chi connectivity index (χ1n) is 8.00. The van der Waals surface area contributed by atoms with Crippen LogP contribution in [0.2, 0.25) is 0 Å². The summed E-state index contributed by atoms with van der Waals surface area (Å²) in [7, 11) is 0. The summed E-state index contributed by atoms with van der Waals surface area (Å²) in [6, 6.07) is 6.39. The van der Waals surface area contributed by atoms with Gasteiger partial charge in [-0.25, -0.2) is 0 Å². The van der Waals surface area contributed by atoms with Crippen LogP contribution in [0.1, 0.15) is 44.7 Å². The maximum Gasteiger partial charge on any atom is 0.126 e. The van der Waals surface area contributed by atoms with Gasteiger partial charge in [0.15, 0.2) is 0 Å². The Labute approximate surface area is 129 Å². The molecule has 3 nitrogen and oxygen atoms in total. The van der Waals surface area contributed by atoms with Gasteiger partial charge in [-0.3, -0.25) is 0 Å². The van der Waals surface area contributed by atoms with Gasteiger partial charge in [-0.15, -0.1) is 0 Å². The average molecular weight is 291 g/mol. The Bertz CT molecular complexity index is 445. The minimum atomic E-state index is 0.113. The van der Waals surface area contributed by atoms with Gasteiger partial charge in [0.1, 0.15) is 5.75 Å². The number of rotatable bonds is 5. The van der Waals surface area contributed by atoms with Crippen LogP contribution in [0.5, 0.6) is 5.75 Å². The summed E-state index contributed by atoms with van der Waals surface area (Å²) in [4.78, 5) is 0. The standard InChI is InChI=1S/C18H29NO2/c1-14-6-5-7-16(12-19-18(2,3)4)17(14)21-13-15-8-10-20-11-9-15/h5-7,15,19H,8-13H2,1-4H3. The Morgan fingerprint density at radius 2 is 1.95 bits per heavy atom. The molecule has 0 radical (unpaired) electrons. The largest absolute Gasteiger partial charge is 0.493 e. The Morgan fingerprint density at radius 3 is 2.62 bits per heavy atom. The number of aryl methyl sites for hydroxylation is 1. The molecule has 0 unspecified atom stereocenters. The third-order valence-corrected chi connectivity index (χ3v) is 3.91. The highest BCUT2D eigenvalue weighted by Gasteiger charge is 2.17. The zero-order valence-corrected chi connectivity index (χ0v) is 13.9. The summed E-state index contributed by atoms with van der Waals surface area (Å²) in [6.07, 6.45) is 2.23. The monoisotopic (exact) mass is 291 g/mol. The van der Waals surface area contributed by atoms with E-state index < -0.39 is 0 Å². The maximum atomic E-state index is 6.18. The highest BCUT2D eigenvalue weighted by molar-refractivity contribution is 5.40. The zero-order valence-electron chi connectivity index (χ0n) is 13.9. The molecule has 1 aromatic carbocycles. The summed E-state index contributed by atoms with van der Waals surface area (Å²) in [5, 5.41) is 3.54. The Kier molecular flexibility index (Phi) is 5.65. The van der Waals surface area contributed by atoms with Gasteiger partial charge >= 0.3 is 0 Å². The van der Waals surface area contributed by atoms with Crippen molar-refractivity contribution in [3.63, 3.8) is 0 Å². The molecule has 0 spiro atoms. The first kappa shape index (κ1) is 16.3. The molecule has 0 aromatic heterocycles. The molecule has 1 heterocycles. The fraction of sp³-hybridized carbons (Fsp3) is 0.667. The highest BCUT2D eigenvalue weighted by atomic mass is 16.5. The molecule has 2 rings (SSSR count). The van der Waals surface area contributed by atoms with Crippen molar-refractivity contribution in [3.05, 3.63) is 29.3 Å². The smallest absolute Gasteiger partial charge is 0.126 e. The van der Waals surface area contributed by atoms with Gasteiger partial charge in [-0.1, -0.05) is 18.2 Å². The van der Waals surface area contributed by atoms with Gasteiger partial charge < -0.3 is 14.8 Å². The molecule has 1 aliphatic rings. The quantitative estimate of drug-likeness (QED) is 0.897. The van der Waals surface area contributed by atoms with Crippen molar-refractivity contribution >= 4 is 0 Å². The fourth-order valence-corrected chi connectivity index (χ4v) is 2.53. The number of para-hydroxylation sites is 1. The Balaban J connectivity index is 1.99. The molecule has 0 amide bonds. The predicted molar refractivity (Wildman–Crippen MR) is 86.8 cm³/mol. The summed E-state index contributed by atoms with van der Waals surface area (Å²) in [5.41, 5.74) is 2.58. The summed E-state index contributed by atoms with van der Waals surface area (Å²) in [5.74, 6) is 1.68. The van der Waals surface area contributed by atoms with Crippen molar-refractivity contribution in [1.29, 1.82) is 0 Å². The van der Waals surface area contributed by atoms with Crippen LogP contribution in [0, 0.1) is 12.8 Å². The van der Waals surface area contributed by atoms with Crippen LogP contribution in [0.25, 0.3) is 0 Å². The van der Waals surface area contributed by atoms with Gasteiger partial charge in [0.2, 0.25) is 0 Å². The highest BCUT2D eigenvalue weighted by Crippen LogP contribution is 2.26. The van der Waals surface area contributed by atoms with Crippen LogP contribution in [0.4, 0.5) is 0 Å². The first-order chi connectivity index (χ1) is 9.96. The van der Waals surface area contributed by atoms with E-state index >= 15 is 0 Å². The summed E-state index contributed by atoms with van der Waals surface area (Å²) >= 11 is 0. The molecule has 1 aliphatic heterocycles. The Hall–Kier alpha value is -1.06. The summed E-state index contributed by atoms with van der Waals surface area (Å²) < 4.78 is 11.6. The molecular formula is C18H29NO2. The second-order valence-electron chi connectivity index (χ2n) is 7.03. The van der Waals surface area contributed by atoms with E-state index in [9.17, 15) is 0 Å². The van der Waals surface area contributed by atoms with Crippen molar-refractivity contribution in [1.82, 2.24) is 5.32 Å². The average Bonchev–Trinajstić information content (AvgIpc) is 2.44. The molecule has 21 heavy (non-hydrogen) atoms. The van der Waals surface area contributed by atoms with E-state index in [0.717, 1.165) is 45.0 Å². The number of hydrogen-bond donors (Lipinski definition) is 1. The van der Waals surface area contributed by atoms with Crippen molar-refractivity contribution in [2.45, 2.75) is 52.6 Å². The molecule has 0 aliphatic carbocycles. The minimum Gasteiger partial charge on any atom is -0.493 e. The SMILES string of the molecule is Cc1cccc(CNC(C)(C)C)c1OCC1CCOCC1. The van der Waals surface area contributed by atoms with Gasteiger partial charge in [-0.05, 0) is 52.0 Å². The lowest BCUT2D eigenvalue weighted by molar-refractivity contribution is 0.0495. The first-order valence-corrected chi connectivity index (χ1v) is 8.00. The van der Waals surface area contributed by atoms with Crippen LogP contribution in [0.15, 0.2) is 18.2 Å². The number of benzene rings is 1. The number of hydrogen-bond acceptors (Lipinski definition) is 3. The molecule has 0 saturated carbocycles. The number of ether oxygens (including phenoxy) is 2. The zero-order chi connectivity index (χ0) is 15.3. The lowest BCUT2D eigenvalue weighted by Gasteiger charge is -2.25. The maximum absolute atomic E-state index is 6.18. The normalized spacial score (nSPS) is 17.0. The second kappa shape index (κ2) is 7.28. The molecular weight excluding hydrogens is 262 g/mol. The van der Waals surface area contributed by atoms with Crippen LogP contribution < -0.4 is 10.1 Å². The third-order valence-electron chi connectivity index (χ3n) is 3.91. The lowest BCUT2D eigenvalue weighted by atomic mass is 10.0. The van der Waals surface area contributed by atoms with Gasteiger partial charge in [-0.2, -0.15) is 0 Å². The fourth-order valence-electron chi connectivity index (χ4n) is 2.53. The van der Waals surface area contributed by atoms with Crippen molar-refractivity contribution in [3.8, 4) is 5.75 Å². The van der Waals surface area contributed by atoms with E-state index in [4.69, 9.17) is 9.47 Å². The Morgan fingerprint density at radius 1 is 1.24 bits per heavy atom. The third kappa shape index (κ3) is 5.33. The van der Waals surface area contributed by atoms with Gasteiger partial charge in [0.25, 0.3) is 0 Å². The van der Waals surface area contributed by atoms with E-state index in [1.54, 1.807) is 0 Å². The minimum absolute atomic E-state index is 0.113. The molecule has 0 bridgehead atoms. The topological polar surface area (TPSA) is 30.5 Å². The molecule has 118 valence electrons. The van der Waals surface area contributed by atoms with E-state index in [0.29, 0.717) is 5.92 Å². The van der Waals surface area contributed by atoms with Crippen LogP contribution in [0.3, 0.4) is 0 Å². The molecule has 1 saturated heterocycles. The predicted octanol–water partition coefficient (Wildman–Crippen LogP) is 3.69. The van der Waals surface area contributed by atoms with E-state index in [1.807, 2.05) is 0 Å². The lowest BCUT2D eigenvalue weighted by Crippen LogP contribution is -2.35. The molecule has 1 fully saturated rings. The van der Waals surface area contributed by atoms with Crippen LogP contribution >= 0.6 is 0 Å². The van der Waals surface area contributed by atoms with E-state index in [-0.39, 0.29) is 5.54 Å². The molecule has 0 atom stereocenters. The second-order valence-corrected chi connectivity index (χ2v) is 7.03. The van der Waals surface area contributed by atoms with E-state index in [1.165, 1.54) is 11.1 Å².